The second kappa shape index (κ2) is 5.41. The van der Waals surface area contributed by atoms with Gasteiger partial charge in [-0.25, -0.2) is 8.42 Å². The average Bonchev–Trinajstić information content (AvgIpc) is 2.78. The Kier molecular flexibility index (Phi) is 4.01. The molecule has 0 unspecified atom stereocenters. The first kappa shape index (κ1) is 14.8. The lowest BCUT2D eigenvalue weighted by Crippen LogP contribution is -2.36. The van der Waals surface area contributed by atoms with Crippen molar-refractivity contribution in [2.45, 2.75) is 18.9 Å². The molecule has 0 bridgehead atoms. The van der Waals surface area contributed by atoms with Crippen LogP contribution in [0.3, 0.4) is 0 Å². The van der Waals surface area contributed by atoms with E-state index < -0.39 is 28.0 Å². The predicted octanol–water partition coefficient (Wildman–Crippen LogP) is 1.04. The molecule has 0 aromatic heterocycles. The van der Waals surface area contributed by atoms with Crippen LogP contribution in [0, 0.1) is 0 Å². The zero-order valence-electron chi connectivity index (χ0n) is 11.3. The van der Waals surface area contributed by atoms with Crippen LogP contribution in [0.4, 0.5) is 5.69 Å². The zero-order valence-corrected chi connectivity index (χ0v) is 12.1. The average molecular weight is 299 g/mol. The van der Waals surface area contributed by atoms with Gasteiger partial charge in [-0.3, -0.25) is 9.10 Å². The van der Waals surface area contributed by atoms with Gasteiger partial charge >= 0.3 is 5.97 Å². The van der Waals surface area contributed by atoms with E-state index in [9.17, 15) is 18.3 Å². The summed E-state index contributed by atoms with van der Waals surface area (Å²) in [5, 5.41) is 9.23. The number of methoxy groups -OCH3 is 1. The van der Waals surface area contributed by atoms with E-state index >= 15 is 0 Å². The normalized spacial score (nSPS) is 19.7. The van der Waals surface area contributed by atoms with Crippen molar-refractivity contribution in [1.29, 1.82) is 0 Å². The molecule has 1 N–H and O–H groups in total. The minimum absolute atomic E-state index is 0.0621. The molecule has 110 valence electrons. The molecule has 0 spiro atoms. The lowest BCUT2D eigenvalue weighted by Gasteiger charge is -2.21. The van der Waals surface area contributed by atoms with Crippen molar-refractivity contribution in [2.24, 2.45) is 0 Å². The highest BCUT2D eigenvalue weighted by Crippen LogP contribution is 2.38. The van der Waals surface area contributed by atoms with Gasteiger partial charge in [0.05, 0.1) is 24.1 Å². The molecule has 0 saturated carbocycles. The second-order valence-corrected chi connectivity index (χ2v) is 6.74. The number of sulfonamides is 1. The minimum atomic E-state index is -3.61. The molecular formula is C13H17NO5S. The molecular weight excluding hydrogens is 282 g/mol. The van der Waals surface area contributed by atoms with Gasteiger partial charge in [-0.1, -0.05) is 18.2 Å². The van der Waals surface area contributed by atoms with Crippen LogP contribution in [0.25, 0.3) is 0 Å². The number of nitrogens with zero attached hydrogens (tertiary/aromatic N) is 1. The topological polar surface area (TPSA) is 83.9 Å². The van der Waals surface area contributed by atoms with Gasteiger partial charge in [-0.15, -0.1) is 0 Å². The third-order valence-electron chi connectivity index (χ3n) is 3.41. The highest BCUT2D eigenvalue weighted by molar-refractivity contribution is 7.92. The molecule has 0 amide bonds. The monoisotopic (exact) mass is 299 g/mol. The zero-order chi connectivity index (χ0) is 14.9. The molecule has 1 aliphatic rings. The van der Waals surface area contributed by atoms with Crippen LogP contribution in [0.15, 0.2) is 24.3 Å². The molecule has 6 nitrogen and oxygen atoms in total. The van der Waals surface area contributed by atoms with E-state index in [0.29, 0.717) is 11.3 Å². The van der Waals surface area contributed by atoms with Crippen molar-refractivity contribution in [3.8, 4) is 0 Å². The second-order valence-electron chi connectivity index (χ2n) is 4.81. The van der Waals surface area contributed by atoms with Gasteiger partial charge in [0.2, 0.25) is 10.0 Å². The molecule has 1 aromatic rings. The number of benzene rings is 1. The number of anilines is 1. The molecule has 0 saturated heterocycles. The van der Waals surface area contributed by atoms with Crippen molar-refractivity contribution >= 4 is 21.7 Å². The fourth-order valence-electron chi connectivity index (χ4n) is 2.30. The largest absolute Gasteiger partial charge is 0.481 e. The maximum atomic E-state index is 12.4. The summed E-state index contributed by atoms with van der Waals surface area (Å²) in [6.45, 7) is 1.60. The highest BCUT2D eigenvalue weighted by Gasteiger charge is 2.39. The van der Waals surface area contributed by atoms with Gasteiger partial charge in [-0.05, 0) is 18.6 Å². The van der Waals surface area contributed by atoms with Gasteiger partial charge < -0.3 is 9.84 Å². The lowest BCUT2D eigenvalue weighted by molar-refractivity contribution is -0.138. The number of carboxylic acids is 1. The van der Waals surface area contributed by atoms with E-state index in [0.717, 1.165) is 0 Å². The number of hydrogen-bond acceptors (Lipinski definition) is 4. The number of aliphatic carboxylic acids is 1. The first-order valence-corrected chi connectivity index (χ1v) is 7.82. The maximum absolute atomic E-state index is 12.4. The summed E-state index contributed by atoms with van der Waals surface area (Å²) >= 11 is 0. The van der Waals surface area contributed by atoms with E-state index in [1.54, 1.807) is 31.2 Å². The number of para-hydroxylation sites is 1. The number of hydrogen-bond donors (Lipinski definition) is 1. The Morgan fingerprint density at radius 1 is 1.50 bits per heavy atom. The third-order valence-corrected chi connectivity index (χ3v) is 5.32. The van der Waals surface area contributed by atoms with Crippen molar-refractivity contribution in [3.63, 3.8) is 0 Å². The van der Waals surface area contributed by atoms with Gasteiger partial charge in [0.25, 0.3) is 0 Å². The van der Waals surface area contributed by atoms with Crippen LogP contribution in [0.2, 0.25) is 0 Å². The Morgan fingerprint density at radius 3 is 2.75 bits per heavy atom. The number of rotatable bonds is 5. The van der Waals surface area contributed by atoms with Crippen LogP contribution < -0.4 is 4.31 Å². The minimum Gasteiger partial charge on any atom is -0.481 e. The van der Waals surface area contributed by atoms with Crippen molar-refractivity contribution in [1.82, 2.24) is 0 Å². The summed E-state index contributed by atoms with van der Waals surface area (Å²) in [7, 11) is -2.16. The van der Waals surface area contributed by atoms with Crippen molar-refractivity contribution in [2.75, 3.05) is 23.7 Å². The number of fused-ring (bicyclic) bond motifs is 1. The SMILES string of the molecule is CO[C@@H](C)CS(=O)(=O)N1C[C@@H](C(=O)O)c2ccccc21. The summed E-state index contributed by atoms with van der Waals surface area (Å²) in [5.41, 5.74) is 0.983. The van der Waals surface area contributed by atoms with Gasteiger partial charge in [0.15, 0.2) is 0 Å². The lowest BCUT2D eigenvalue weighted by atomic mass is 10.0. The van der Waals surface area contributed by atoms with Gasteiger partial charge in [0, 0.05) is 7.11 Å². The molecule has 1 heterocycles. The van der Waals surface area contributed by atoms with Crippen LogP contribution in [0.5, 0.6) is 0 Å². The Balaban J connectivity index is 2.38. The van der Waals surface area contributed by atoms with E-state index in [1.165, 1.54) is 11.4 Å². The maximum Gasteiger partial charge on any atom is 0.312 e. The Morgan fingerprint density at radius 2 is 2.15 bits per heavy atom. The molecule has 20 heavy (non-hydrogen) atoms. The highest BCUT2D eigenvalue weighted by atomic mass is 32.2. The molecule has 7 heteroatoms. The summed E-state index contributed by atoms with van der Waals surface area (Å²) in [5.74, 6) is -2.02. The Hall–Kier alpha value is -1.60. The molecule has 0 aliphatic carbocycles. The van der Waals surface area contributed by atoms with E-state index in [-0.39, 0.29) is 12.3 Å². The van der Waals surface area contributed by atoms with Crippen molar-refractivity contribution in [3.05, 3.63) is 29.8 Å². The number of carbonyl (C=O) groups is 1. The third kappa shape index (κ3) is 2.64. The van der Waals surface area contributed by atoms with Crippen LogP contribution in [-0.2, 0) is 19.6 Å². The van der Waals surface area contributed by atoms with Crippen LogP contribution >= 0.6 is 0 Å². The van der Waals surface area contributed by atoms with E-state index in [1.807, 2.05) is 0 Å². The van der Waals surface area contributed by atoms with Crippen molar-refractivity contribution < 1.29 is 23.1 Å². The van der Waals surface area contributed by atoms with Crippen LogP contribution in [-0.4, -0.2) is 45.0 Å². The standard InChI is InChI=1S/C13H17NO5S/c1-9(19-2)8-20(17,18)14-7-11(13(15)16)10-5-3-4-6-12(10)14/h3-6,9,11H,7-8H2,1-2H3,(H,15,16)/t9-,11+/m0/s1. The summed E-state index contributed by atoms with van der Waals surface area (Å²) in [4.78, 5) is 11.3. The predicted molar refractivity (Wildman–Crippen MR) is 74.4 cm³/mol. The van der Waals surface area contributed by atoms with Crippen LogP contribution in [0.1, 0.15) is 18.4 Å². The molecule has 0 fully saturated rings. The Labute approximate surface area is 118 Å². The Bertz CT molecular complexity index is 613. The summed E-state index contributed by atoms with van der Waals surface area (Å²) < 4.78 is 30.9. The smallest absolute Gasteiger partial charge is 0.312 e. The first-order valence-electron chi connectivity index (χ1n) is 6.21. The molecule has 1 aromatic carbocycles. The fraction of sp³-hybridized carbons (Fsp3) is 0.462. The number of carboxylic acid groups (broad SMARTS) is 1. The van der Waals surface area contributed by atoms with Gasteiger partial charge in [0.1, 0.15) is 5.92 Å². The van der Waals surface area contributed by atoms with E-state index in [4.69, 9.17) is 4.74 Å². The van der Waals surface area contributed by atoms with E-state index in [2.05, 4.69) is 0 Å². The quantitative estimate of drug-likeness (QED) is 0.878. The van der Waals surface area contributed by atoms with Gasteiger partial charge in [-0.2, -0.15) is 0 Å². The molecule has 1 aliphatic heterocycles. The first-order chi connectivity index (χ1) is 9.36. The summed E-state index contributed by atoms with van der Waals surface area (Å²) in [6, 6.07) is 6.70. The molecule has 0 radical (unpaired) electrons. The fourth-order valence-corrected chi connectivity index (χ4v) is 4.05. The summed E-state index contributed by atoms with van der Waals surface area (Å²) in [6.07, 6.45) is -0.448. The number of ether oxygens (including phenoxy) is 1. The molecule has 2 rings (SSSR count). The molecule has 2 atom stereocenters.